The van der Waals surface area contributed by atoms with Crippen LogP contribution in [0.15, 0.2) is 42.0 Å². The quantitative estimate of drug-likeness (QED) is 0.283. The van der Waals surface area contributed by atoms with Crippen LogP contribution in [0.4, 0.5) is 0 Å². The highest BCUT2D eigenvalue weighted by molar-refractivity contribution is 14.0. The number of pyridine rings is 1. The van der Waals surface area contributed by atoms with Gasteiger partial charge in [-0.2, -0.15) is 0 Å². The van der Waals surface area contributed by atoms with Crippen molar-refractivity contribution in [1.29, 1.82) is 0 Å². The number of aromatic nitrogens is 1. The minimum Gasteiger partial charge on any atom is -0.357 e. The van der Waals surface area contributed by atoms with Crippen molar-refractivity contribution in [3.05, 3.63) is 42.7 Å². The van der Waals surface area contributed by atoms with Gasteiger partial charge in [-0.1, -0.05) is 12.1 Å². The predicted octanol–water partition coefficient (Wildman–Crippen LogP) is 1.44. The van der Waals surface area contributed by atoms with Crippen LogP contribution in [0.1, 0.15) is 12.6 Å². The van der Waals surface area contributed by atoms with E-state index in [1.807, 2.05) is 25.1 Å². The second kappa shape index (κ2) is 12.9. The normalized spacial score (nSPS) is 10.4. The van der Waals surface area contributed by atoms with Gasteiger partial charge in [0, 0.05) is 45.0 Å². The number of amides is 1. The minimum atomic E-state index is -0.0215. The zero-order valence-corrected chi connectivity index (χ0v) is 16.1. The number of carbonyl (C=O) groups is 1. The lowest BCUT2D eigenvalue weighted by molar-refractivity contribution is -0.128. The molecule has 0 aliphatic heterocycles. The second-order valence-corrected chi connectivity index (χ2v) is 4.75. The number of aliphatic imine (C=N–C) groups is 1. The minimum absolute atomic E-state index is 0. The van der Waals surface area contributed by atoms with Crippen molar-refractivity contribution in [2.24, 2.45) is 4.99 Å². The summed E-state index contributed by atoms with van der Waals surface area (Å²) in [7, 11) is 1.78. The van der Waals surface area contributed by atoms with Crippen LogP contribution < -0.4 is 10.6 Å². The maximum absolute atomic E-state index is 12.1. The van der Waals surface area contributed by atoms with Crippen molar-refractivity contribution in [1.82, 2.24) is 20.5 Å². The Balaban J connectivity index is 0.00000484. The molecule has 2 N–H and O–H groups in total. The second-order valence-electron chi connectivity index (χ2n) is 4.75. The summed E-state index contributed by atoms with van der Waals surface area (Å²) in [4.78, 5) is 22.3. The molecule has 1 heterocycles. The van der Waals surface area contributed by atoms with E-state index in [4.69, 9.17) is 0 Å². The number of rotatable bonds is 8. The smallest absolute Gasteiger partial charge is 0.244 e. The monoisotopic (exact) mass is 431 g/mol. The molecule has 0 saturated heterocycles. The number of nitrogens with one attached hydrogen (secondary N) is 2. The van der Waals surface area contributed by atoms with Gasteiger partial charge in [0.05, 0.1) is 0 Å². The highest BCUT2D eigenvalue weighted by atomic mass is 127. The lowest BCUT2D eigenvalue weighted by Gasteiger charge is -2.16. The average molecular weight is 431 g/mol. The van der Waals surface area contributed by atoms with Gasteiger partial charge >= 0.3 is 0 Å². The number of halogens is 1. The van der Waals surface area contributed by atoms with Crippen molar-refractivity contribution >= 4 is 35.8 Å². The van der Waals surface area contributed by atoms with E-state index in [1.165, 1.54) is 0 Å². The van der Waals surface area contributed by atoms with Crippen molar-refractivity contribution in [2.45, 2.75) is 13.3 Å². The summed E-state index contributed by atoms with van der Waals surface area (Å²) in [6.45, 7) is 7.71. The van der Waals surface area contributed by atoms with Gasteiger partial charge < -0.3 is 15.5 Å². The standard InChI is InChI=1S/C16H25N5O.HI/c1-4-10-19-16(17-5-2)20-13-15(22)21(3)12-9-14-8-6-7-11-18-14;/h4,6-8,11H,1,5,9-10,12-13H2,2-3H3,(H2,17,19,20);1H. The Hall–Kier alpha value is -1.64. The fourth-order valence-corrected chi connectivity index (χ4v) is 1.73. The molecule has 0 spiro atoms. The van der Waals surface area contributed by atoms with Gasteiger partial charge in [0.2, 0.25) is 5.91 Å². The average Bonchev–Trinajstić information content (AvgIpc) is 2.55. The number of hydrogen-bond acceptors (Lipinski definition) is 3. The van der Waals surface area contributed by atoms with Crippen molar-refractivity contribution in [3.8, 4) is 0 Å². The Morgan fingerprint density at radius 2 is 2.22 bits per heavy atom. The zero-order valence-electron chi connectivity index (χ0n) is 13.8. The van der Waals surface area contributed by atoms with Crippen LogP contribution in [-0.4, -0.2) is 55.0 Å². The molecular weight excluding hydrogens is 405 g/mol. The van der Waals surface area contributed by atoms with E-state index in [0.29, 0.717) is 19.0 Å². The third kappa shape index (κ3) is 9.17. The van der Waals surface area contributed by atoms with E-state index in [-0.39, 0.29) is 36.4 Å². The molecule has 0 bridgehead atoms. The summed E-state index contributed by atoms with van der Waals surface area (Å²) < 4.78 is 0. The Bertz CT molecular complexity index is 493. The molecule has 0 radical (unpaired) electrons. The van der Waals surface area contributed by atoms with Gasteiger partial charge in [0.15, 0.2) is 5.96 Å². The Morgan fingerprint density at radius 3 is 2.83 bits per heavy atom. The molecule has 1 amide bonds. The third-order valence-corrected chi connectivity index (χ3v) is 2.99. The molecule has 128 valence electrons. The van der Waals surface area contributed by atoms with Gasteiger partial charge in [-0.3, -0.25) is 9.78 Å². The molecule has 0 unspecified atom stereocenters. The van der Waals surface area contributed by atoms with Gasteiger partial charge in [-0.05, 0) is 19.1 Å². The number of carbonyl (C=O) groups excluding carboxylic acids is 1. The van der Waals surface area contributed by atoms with Crippen LogP contribution in [0.5, 0.6) is 0 Å². The summed E-state index contributed by atoms with van der Waals surface area (Å²) >= 11 is 0. The molecule has 0 fully saturated rings. The summed E-state index contributed by atoms with van der Waals surface area (Å²) in [5.74, 6) is 0.598. The van der Waals surface area contributed by atoms with E-state index in [1.54, 1.807) is 24.2 Å². The molecule has 0 aromatic carbocycles. The molecule has 0 aliphatic carbocycles. The van der Waals surface area contributed by atoms with E-state index < -0.39 is 0 Å². The van der Waals surface area contributed by atoms with E-state index in [0.717, 1.165) is 18.7 Å². The van der Waals surface area contributed by atoms with Gasteiger partial charge in [-0.15, -0.1) is 30.6 Å². The van der Waals surface area contributed by atoms with Crippen LogP contribution >= 0.6 is 24.0 Å². The summed E-state index contributed by atoms with van der Waals surface area (Å²) in [5.41, 5.74) is 0.978. The zero-order chi connectivity index (χ0) is 16.2. The molecule has 1 rings (SSSR count). The Morgan fingerprint density at radius 1 is 1.43 bits per heavy atom. The van der Waals surface area contributed by atoms with Crippen LogP contribution in [0.25, 0.3) is 0 Å². The summed E-state index contributed by atoms with van der Waals surface area (Å²) in [5, 5.41) is 6.14. The summed E-state index contributed by atoms with van der Waals surface area (Å²) in [6.07, 6.45) is 4.24. The topological polar surface area (TPSA) is 69.6 Å². The maximum atomic E-state index is 12.1. The van der Waals surface area contributed by atoms with Gasteiger partial charge in [-0.25, -0.2) is 4.99 Å². The molecule has 7 heteroatoms. The van der Waals surface area contributed by atoms with Crippen molar-refractivity contribution < 1.29 is 4.79 Å². The first-order valence-corrected chi connectivity index (χ1v) is 7.44. The summed E-state index contributed by atoms with van der Waals surface area (Å²) in [6, 6.07) is 5.78. The first-order valence-electron chi connectivity index (χ1n) is 7.44. The van der Waals surface area contributed by atoms with E-state index in [9.17, 15) is 4.79 Å². The van der Waals surface area contributed by atoms with Gasteiger partial charge in [0.1, 0.15) is 6.54 Å². The lowest BCUT2D eigenvalue weighted by Crippen LogP contribution is -2.39. The maximum Gasteiger partial charge on any atom is 0.244 e. The number of nitrogens with zero attached hydrogens (tertiary/aromatic N) is 3. The van der Waals surface area contributed by atoms with Crippen LogP contribution in [0.2, 0.25) is 0 Å². The molecule has 6 nitrogen and oxygen atoms in total. The van der Waals surface area contributed by atoms with Crippen LogP contribution in [0, 0.1) is 0 Å². The largest absolute Gasteiger partial charge is 0.357 e. The molecule has 0 atom stereocenters. The Kier molecular flexibility index (Phi) is 11.9. The van der Waals surface area contributed by atoms with Gasteiger partial charge in [0.25, 0.3) is 0 Å². The van der Waals surface area contributed by atoms with Crippen molar-refractivity contribution in [2.75, 3.05) is 33.2 Å². The number of hydrogen-bond donors (Lipinski definition) is 2. The SMILES string of the molecule is C=CCNC(=NCC(=O)N(C)CCc1ccccn1)NCC.I. The Labute approximate surface area is 155 Å². The lowest BCUT2D eigenvalue weighted by atomic mass is 10.2. The predicted molar refractivity (Wildman–Crippen MR) is 105 cm³/mol. The van der Waals surface area contributed by atoms with Crippen LogP contribution in [-0.2, 0) is 11.2 Å². The van der Waals surface area contributed by atoms with Crippen LogP contribution in [0.3, 0.4) is 0 Å². The first kappa shape index (κ1) is 21.4. The molecular formula is C16H26IN5O. The fourth-order valence-electron chi connectivity index (χ4n) is 1.73. The highest BCUT2D eigenvalue weighted by Crippen LogP contribution is 1.97. The first-order chi connectivity index (χ1) is 10.7. The number of guanidine groups is 1. The molecule has 1 aromatic heterocycles. The van der Waals surface area contributed by atoms with E-state index in [2.05, 4.69) is 27.2 Å². The molecule has 0 saturated carbocycles. The number of likely N-dealkylation sites (N-methyl/N-ethyl adjacent to an activating group) is 1. The van der Waals surface area contributed by atoms with Crippen molar-refractivity contribution in [3.63, 3.8) is 0 Å². The third-order valence-electron chi connectivity index (χ3n) is 2.99. The van der Waals surface area contributed by atoms with E-state index >= 15 is 0 Å². The molecule has 1 aromatic rings. The fraction of sp³-hybridized carbons (Fsp3) is 0.438. The highest BCUT2D eigenvalue weighted by Gasteiger charge is 2.08. The molecule has 23 heavy (non-hydrogen) atoms. The molecule has 0 aliphatic rings.